The molecular weight excluding hydrogens is 588 g/mol. The lowest BCUT2D eigenvalue weighted by Gasteiger charge is -2.26. The van der Waals surface area contributed by atoms with Crippen molar-refractivity contribution in [1.29, 1.82) is 0 Å². The molecule has 4 aromatic carbocycles. The normalized spacial score (nSPS) is 11.3. The van der Waals surface area contributed by atoms with E-state index in [1.165, 1.54) is 0 Å². The number of carbonyl (C=O) groups excluding carboxylic acids is 3. The van der Waals surface area contributed by atoms with Gasteiger partial charge in [0, 0.05) is 82.1 Å². The zero-order valence-electron chi connectivity index (χ0n) is 27.3. The number of ketones is 3. The maximum atomic E-state index is 14.1. The largest absolute Gasteiger partial charge is 0.481 e. The molecule has 0 saturated heterocycles. The Morgan fingerprint density at radius 1 is 0.702 bits per heavy atom. The van der Waals surface area contributed by atoms with E-state index in [9.17, 15) is 19.2 Å². The molecule has 0 aliphatic rings. The molecule has 47 heavy (non-hydrogen) atoms. The molecule has 1 N–H and O–H groups in total. The maximum absolute atomic E-state index is 14.1. The molecule has 7 heteroatoms. The Balaban J connectivity index is 1.51. The van der Waals surface area contributed by atoms with Gasteiger partial charge in [-0.3, -0.25) is 19.2 Å². The van der Waals surface area contributed by atoms with Gasteiger partial charge in [-0.2, -0.15) is 0 Å². The molecule has 0 saturated carbocycles. The Labute approximate surface area is 275 Å². The second kappa shape index (κ2) is 14.4. The molecule has 0 radical (unpaired) electrons. The van der Waals surface area contributed by atoms with Gasteiger partial charge in [0.25, 0.3) is 0 Å². The van der Waals surface area contributed by atoms with Gasteiger partial charge in [-0.25, -0.2) is 0 Å². The van der Waals surface area contributed by atoms with E-state index in [0.717, 1.165) is 27.8 Å². The number of aromatic nitrogens is 1. The Morgan fingerprint density at radius 2 is 1.32 bits per heavy atom. The maximum Gasteiger partial charge on any atom is 0.303 e. The number of carboxylic acids is 1. The lowest BCUT2D eigenvalue weighted by molar-refractivity contribution is -0.137. The van der Waals surface area contributed by atoms with Crippen LogP contribution in [0.4, 0.5) is 11.4 Å². The van der Waals surface area contributed by atoms with Crippen molar-refractivity contribution in [1.82, 2.24) is 4.57 Å². The number of hydrogen-bond donors (Lipinski definition) is 1. The van der Waals surface area contributed by atoms with Crippen LogP contribution in [0.15, 0.2) is 103 Å². The van der Waals surface area contributed by atoms with E-state index in [4.69, 9.17) is 5.11 Å². The predicted octanol–water partition coefficient (Wildman–Crippen LogP) is 8.75. The van der Waals surface area contributed by atoms with Crippen LogP contribution >= 0.6 is 0 Å². The lowest BCUT2D eigenvalue weighted by Crippen LogP contribution is -2.18. The second-order valence-electron chi connectivity index (χ2n) is 12.5. The van der Waals surface area contributed by atoms with Gasteiger partial charge in [-0.05, 0) is 54.4 Å². The van der Waals surface area contributed by atoms with Gasteiger partial charge < -0.3 is 14.6 Å². The summed E-state index contributed by atoms with van der Waals surface area (Å²) >= 11 is 0. The number of nitrogens with zero attached hydrogens (tertiary/aromatic N) is 2. The number of rotatable bonds is 14. The summed E-state index contributed by atoms with van der Waals surface area (Å²) in [6, 6.07) is 30.3. The molecule has 5 rings (SSSR count). The molecule has 5 aromatic rings. The lowest BCUT2D eigenvalue weighted by atomic mass is 9.99. The zero-order chi connectivity index (χ0) is 33.7. The molecule has 0 spiro atoms. The van der Waals surface area contributed by atoms with Crippen molar-refractivity contribution in [3.05, 3.63) is 131 Å². The summed E-state index contributed by atoms with van der Waals surface area (Å²) < 4.78 is 1.95. The summed E-state index contributed by atoms with van der Waals surface area (Å²) in [5.41, 5.74) is 5.90. The van der Waals surface area contributed by atoms with Crippen LogP contribution in [0.5, 0.6) is 0 Å². The fourth-order valence-electron chi connectivity index (χ4n) is 5.74. The van der Waals surface area contributed by atoms with Crippen molar-refractivity contribution in [3.63, 3.8) is 0 Å². The summed E-state index contributed by atoms with van der Waals surface area (Å²) in [5, 5.41) is 9.93. The summed E-state index contributed by atoms with van der Waals surface area (Å²) in [6.45, 7) is 8.49. The summed E-state index contributed by atoms with van der Waals surface area (Å²) in [4.78, 5) is 52.5. The third-order valence-electron chi connectivity index (χ3n) is 8.33. The smallest absolute Gasteiger partial charge is 0.303 e. The van der Waals surface area contributed by atoms with Crippen LogP contribution in [0.25, 0.3) is 10.9 Å². The first kappa shape index (κ1) is 33.1. The molecule has 0 unspecified atom stereocenters. The average Bonchev–Trinajstić information content (AvgIpc) is 3.44. The highest BCUT2D eigenvalue weighted by Crippen LogP contribution is 2.31. The quantitative estimate of drug-likeness (QED) is 0.124. The number of benzene rings is 4. The van der Waals surface area contributed by atoms with Gasteiger partial charge in [0.05, 0.1) is 0 Å². The molecule has 1 aromatic heterocycles. The molecule has 0 fully saturated rings. The number of Topliss-reactive ketones (excluding diaryl/α,β-unsaturated/α-hetero) is 2. The minimum atomic E-state index is -0.847. The van der Waals surface area contributed by atoms with Crippen LogP contribution in [0.2, 0.25) is 0 Å². The Hall–Kier alpha value is -5.30. The van der Waals surface area contributed by atoms with Gasteiger partial charge in [-0.15, -0.1) is 0 Å². The first-order chi connectivity index (χ1) is 22.5. The fourth-order valence-corrected chi connectivity index (χ4v) is 5.74. The van der Waals surface area contributed by atoms with Crippen LogP contribution in [0.3, 0.4) is 0 Å². The number of fused-ring (bicyclic) bond motifs is 1. The van der Waals surface area contributed by atoms with E-state index in [-0.39, 0.29) is 35.6 Å². The highest BCUT2D eigenvalue weighted by Gasteiger charge is 2.20. The SMILES string of the molecule is CC(C)C(=O)c1ccc(CN(c2ccc(C(=O)C(C)C)cc2)c2cccc(C(=O)c3cn(CCCC(=O)O)c4ccccc34)c2)cc1. The molecule has 240 valence electrons. The van der Waals surface area contributed by atoms with E-state index in [1.54, 1.807) is 6.07 Å². The predicted molar refractivity (Wildman–Crippen MR) is 186 cm³/mol. The van der Waals surface area contributed by atoms with Crippen LogP contribution in [-0.2, 0) is 17.9 Å². The molecule has 0 aliphatic heterocycles. The first-order valence-corrected chi connectivity index (χ1v) is 16.0. The van der Waals surface area contributed by atoms with Crippen molar-refractivity contribution in [2.45, 2.75) is 53.6 Å². The minimum Gasteiger partial charge on any atom is -0.481 e. The molecule has 0 aliphatic carbocycles. The highest BCUT2D eigenvalue weighted by atomic mass is 16.4. The van der Waals surface area contributed by atoms with Gasteiger partial charge in [0.15, 0.2) is 17.3 Å². The van der Waals surface area contributed by atoms with E-state index < -0.39 is 5.97 Å². The third kappa shape index (κ3) is 7.58. The van der Waals surface area contributed by atoms with Gasteiger partial charge in [0.1, 0.15) is 0 Å². The van der Waals surface area contributed by atoms with Crippen molar-refractivity contribution in [2.24, 2.45) is 11.8 Å². The average molecular weight is 629 g/mol. The molecular formula is C40H40N2O5. The number of hydrogen-bond acceptors (Lipinski definition) is 5. The van der Waals surface area contributed by atoms with Crippen LogP contribution in [0.1, 0.15) is 82.7 Å². The Morgan fingerprint density at radius 3 is 1.94 bits per heavy atom. The summed E-state index contributed by atoms with van der Waals surface area (Å²) in [5.74, 6) is -1.02. The number of carbonyl (C=O) groups is 4. The fraction of sp³-hybridized carbons (Fsp3) is 0.250. The molecule has 0 atom stereocenters. The molecule has 1 heterocycles. The van der Waals surface area contributed by atoms with E-state index in [2.05, 4.69) is 4.90 Å². The summed E-state index contributed by atoms with van der Waals surface area (Å²) in [6.07, 6.45) is 2.33. The van der Waals surface area contributed by atoms with Crippen LogP contribution < -0.4 is 4.90 Å². The number of aliphatic carboxylic acids is 1. The monoisotopic (exact) mass is 628 g/mol. The number of para-hydroxylation sites is 1. The third-order valence-corrected chi connectivity index (χ3v) is 8.33. The van der Waals surface area contributed by atoms with E-state index in [0.29, 0.717) is 41.8 Å². The van der Waals surface area contributed by atoms with Gasteiger partial charge in [-0.1, -0.05) is 82.3 Å². The topological polar surface area (TPSA) is 96.7 Å². The van der Waals surface area contributed by atoms with Crippen molar-refractivity contribution >= 4 is 45.6 Å². The number of aryl methyl sites for hydroxylation is 1. The molecule has 0 bridgehead atoms. The van der Waals surface area contributed by atoms with Crippen molar-refractivity contribution < 1.29 is 24.3 Å². The molecule has 7 nitrogen and oxygen atoms in total. The standard InChI is InChI=1S/C40H40N2O5/c1-26(2)38(45)29-16-14-28(15-17-29)24-42(32-20-18-30(19-21-32)39(46)27(3)4)33-10-7-9-31(23-33)40(47)35-25-41(22-8-13-37(43)44)36-12-6-5-11-34(35)36/h5-7,9-12,14-21,23,25-27H,8,13,22,24H2,1-4H3,(H,43,44). The van der Waals surface area contributed by atoms with Crippen LogP contribution in [-0.4, -0.2) is 33.0 Å². The van der Waals surface area contributed by atoms with Crippen molar-refractivity contribution in [3.8, 4) is 0 Å². The van der Waals surface area contributed by atoms with Gasteiger partial charge >= 0.3 is 5.97 Å². The molecule has 0 amide bonds. The zero-order valence-corrected chi connectivity index (χ0v) is 27.3. The summed E-state index contributed by atoms with van der Waals surface area (Å²) in [7, 11) is 0. The first-order valence-electron chi connectivity index (χ1n) is 16.0. The van der Waals surface area contributed by atoms with Crippen LogP contribution in [0, 0.1) is 11.8 Å². The minimum absolute atomic E-state index is 0.0526. The van der Waals surface area contributed by atoms with Crippen molar-refractivity contribution in [2.75, 3.05) is 4.90 Å². The van der Waals surface area contributed by atoms with E-state index >= 15 is 0 Å². The van der Waals surface area contributed by atoms with E-state index in [1.807, 2.05) is 129 Å². The second-order valence-corrected chi connectivity index (χ2v) is 12.5. The Bertz CT molecular complexity index is 1920. The Kier molecular flexibility index (Phi) is 10.1. The number of carboxylic acid groups (broad SMARTS) is 1. The number of anilines is 2. The van der Waals surface area contributed by atoms with Gasteiger partial charge in [0.2, 0.25) is 0 Å². The highest BCUT2D eigenvalue weighted by molar-refractivity contribution is 6.16.